The van der Waals surface area contributed by atoms with Crippen molar-refractivity contribution in [2.24, 2.45) is 17.8 Å². The van der Waals surface area contributed by atoms with Crippen molar-refractivity contribution in [2.75, 3.05) is 13.1 Å². The predicted octanol–water partition coefficient (Wildman–Crippen LogP) is 2.92. The van der Waals surface area contributed by atoms with Crippen molar-refractivity contribution in [2.45, 2.75) is 97.2 Å². The summed E-state index contributed by atoms with van der Waals surface area (Å²) < 4.78 is 5.43. The van der Waals surface area contributed by atoms with Crippen LogP contribution in [0.4, 0.5) is 4.79 Å². The van der Waals surface area contributed by atoms with E-state index in [0.717, 1.165) is 19.3 Å². The minimum Gasteiger partial charge on any atom is -0.480 e. The van der Waals surface area contributed by atoms with Gasteiger partial charge in [0.2, 0.25) is 11.8 Å². The van der Waals surface area contributed by atoms with Gasteiger partial charge in [-0.2, -0.15) is 0 Å². The normalized spacial score (nSPS) is 25.1. The van der Waals surface area contributed by atoms with Gasteiger partial charge in [0.25, 0.3) is 0 Å². The molecule has 3 amide bonds. The summed E-state index contributed by atoms with van der Waals surface area (Å²) in [5.74, 6) is -1.41. The van der Waals surface area contributed by atoms with Crippen molar-refractivity contribution in [1.29, 1.82) is 0 Å². The molecule has 1 aliphatic heterocycles. The smallest absolute Gasteiger partial charge is 0.410 e. The number of amides is 3. The quantitative estimate of drug-likeness (QED) is 0.504. The van der Waals surface area contributed by atoms with Crippen LogP contribution in [0.5, 0.6) is 0 Å². The molecular formula is C24H41N3O6. The number of aliphatic carboxylic acids is 1. The Morgan fingerprint density at radius 3 is 2.24 bits per heavy atom. The number of hydrogen-bond acceptors (Lipinski definition) is 5. The lowest BCUT2D eigenvalue weighted by Crippen LogP contribution is -2.49. The summed E-state index contributed by atoms with van der Waals surface area (Å²) in [6, 6.07) is -1.37. The van der Waals surface area contributed by atoms with Gasteiger partial charge in [-0.3, -0.25) is 14.5 Å². The van der Waals surface area contributed by atoms with E-state index < -0.39 is 29.7 Å². The number of carbonyl (C=O) groups is 4. The minimum absolute atomic E-state index is 0.131. The average Bonchev–Trinajstić information content (AvgIpc) is 3.24. The Balaban J connectivity index is 1.78. The van der Waals surface area contributed by atoms with Crippen LogP contribution in [0.15, 0.2) is 0 Å². The van der Waals surface area contributed by atoms with Gasteiger partial charge < -0.3 is 20.5 Å². The van der Waals surface area contributed by atoms with Gasteiger partial charge in [0.15, 0.2) is 0 Å². The second kappa shape index (κ2) is 11.7. The monoisotopic (exact) mass is 467 g/mol. The highest BCUT2D eigenvalue weighted by atomic mass is 16.6. The molecule has 9 heteroatoms. The Hall–Kier alpha value is -2.32. The van der Waals surface area contributed by atoms with Crippen molar-refractivity contribution >= 4 is 23.9 Å². The highest BCUT2D eigenvalue weighted by Crippen LogP contribution is 2.29. The molecule has 2 rings (SSSR count). The van der Waals surface area contributed by atoms with Crippen LogP contribution in [0.1, 0.15) is 79.6 Å². The SMILES string of the molecule is CCC(C)[C@H](NC(=O)C1CCC(CNC(=O)[C@@H]2CCCN2C(=O)OC(C)(C)C)CC1)C(=O)O. The number of nitrogens with zero attached hydrogens (tertiary/aromatic N) is 1. The number of ether oxygens (including phenoxy) is 1. The molecule has 1 heterocycles. The second-order valence-corrected chi connectivity index (χ2v) is 10.5. The number of nitrogens with one attached hydrogen (secondary N) is 2. The molecule has 2 aliphatic rings. The third kappa shape index (κ3) is 7.89. The maximum absolute atomic E-state index is 12.7. The first-order valence-corrected chi connectivity index (χ1v) is 12.2. The van der Waals surface area contributed by atoms with Crippen molar-refractivity contribution < 1.29 is 29.0 Å². The molecule has 0 aromatic carbocycles. The number of carbonyl (C=O) groups excluding carboxylic acids is 3. The molecule has 188 valence electrons. The van der Waals surface area contributed by atoms with E-state index in [1.807, 2.05) is 13.8 Å². The second-order valence-electron chi connectivity index (χ2n) is 10.5. The molecular weight excluding hydrogens is 426 g/mol. The Morgan fingerprint density at radius 2 is 1.70 bits per heavy atom. The Bertz CT molecular complexity index is 711. The van der Waals surface area contributed by atoms with E-state index in [1.165, 1.54) is 4.90 Å². The van der Waals surface area contributed by atoms with E-state index in [0.29, 0.717) is 38.8 Å². The molecule has 1 saturated heterocycles. The van der Waals surface area contributed by atoms with E-state index in [2.05, 4.69) is 10.6 Å². The van der Waals surface area contributed by atoms with Crippen LogP contribution in [-0.2, 0) is 19.1 Å². The van der Waals surface area contributed by atoms with Crippen molar-refractivity contribution in [1.82, 2.24) is 15.5 Å². The maximum atomic E-state index is 12.7. The lowest BCUT2D eigenvalue weighted by atomic mass is 9.81. The number of hydrogen-bond donors (Lipinski definition) is 3. The zero-order valence-electron chi connectivity index (χ0n) is 20.7. The largest absolute Gasteiger partial charge is 0.480 e. The molecule has 1 aliphatic carbocycles. The van der Waals surface area contributed by atoms with E-state index in [-0.39, 0.29) is 29.6 Å². The first-order chi connectivity index (χ1) is 15.4. The highest BCUT2D eigenvalue weighted by Gasteiger charge is 2.37. The lowest BCUT2D eigenvalue weighted by molar-refractivity contribution is -0.144. The number of carboxylic acids is 1. The fourth-order valence-electron chi connectivity index (χ4n) is 4.52. The number of likely N-dealkylation sites (tertiary alicyclic amines) is 1. The fraction of sp³-hybridized carbons (Fsp3) is 0.833. The van der Waals surface area contributed by atoms with E-state index in [4.69, 9.17) is 4.74 Å². The van der Waals surface area contributed by atoms with Crippen LogP contribution in [0.3, 0.4) is 0 Å². The van der Waals surface area contributed by atoms with Gasteiger partial charge in [0, 0.05) is 19.0 Å². The Morgan fingerprint density at radius 1 is 1.06 bits per heavy atom. The molecule has 3 N–H and O–H groups in total. The van der Waals surface area contributed by atoms with Crippen LogP contribution >= 0.6 is 0 Å². The third-order valence-electron chi connectivity index (χ3n) is 6.74. The maximum Gasteiger partial charge on any atom is 0.410 e. The molecule has 0 spiro atoms. The summed E-state index contributed by atoms with van der Waals surface area (Å²) in [5, 5.41) is 15.1. The molecule has 0 aromatic rings. The molecule has 1 unspecified atom stereocenters. The summed E-state index contributed by atoms with van der Waals surface area (Å²) in [6.07, 6.45) is 4.54. The van der Waals surface area contributed by atoms with Crippen LogP contribution in [0.25, 0.3) is 0 Å². The van der Waals surface area contributed by atoms with E-state index in [9.17, 15) is 24.3 Å². The van der Waals surface area contributed by atoms with E-state index in [1.54, 1.807) is 20.8 Å². The van der Waals surface area contributed by atoms with Crippen LogP contribution in [0.2, 0.25) is 0 Å². The van der Waals surface area contributed by atoms with Crippen molar-refractivity contribution in [3.63, 3.8) is 0 Å². The standard InChI is InChI=1S/C24H41N3O6/c1-6-15(2)19(22(30)31)26-20(28)17-11-9-16(10-12-17)14-25-21(29)18-8-7-13-27(18)23(32)33-24(3,4)5/h15-19H,6-14H2,1-5H3,(H,25,29)(H,26,28)(H,30,31)/t15?,16?,17?,18-,19-/m0/s1. The molecule has 0 bridgehead atoms. The zero-order valence-corrected chi connectivity index (χ0v) is 20.7. The molecule has 9 nitrogen and oxygen atoms in total. The fourth-order valence-corrected chi connectivity index (χ4v) is 4.52. The average molecular weight is 468 g/mol. The van der Waals surface area contributed by atoms with Gasteiger partial charge in [-0.15, -0.1) is 0 Å². The van der Waals surface area contributed by atoms with Crippen LogP contribution in [-0.4, -0.2) is 64.7 Å². The molecule has 33 heavy (non-hydrogen) atoms. The predicted molar refractivity (Wildman–Crippen MR) is 123 cm³/mol. The van der Waals surface area contributed by atoms with Crippen molar-refractivity contribution in [3.05, 3.63) is 0 Å². The summed E-state index contributed by atoms with van der Waals surface area (Å²) in [5.41, 5.74) is -0.606. The van der Waals surface area contributed by atoms with Crippen LogP contribution < -0.4 is 10.6 Å². The van der Waals surface area contributed by atoms with Gasteiger partial charge in [-0.25, -0.2) is 9.59 Å². The van der Waals surface area contributed by atoms with Gasteiger partial charge in [-0.05, 0) is 71.1 Å². The first-order valence-electron chi connectivity index (χ1n) is 12.2. The minimum atomic E-state index is -0.999. The summed E-state index contributed by atoms with van der Waals surface area (Å²) in [6.45, 7) is 10.2. The molecule has 3 atom stereocenters. The Labute approximate surface area is 197 Å². The van der Waals surface area contributed by atoms with Gasteiger partial charge in [-0.1, -0.05) is 20.3 Å². The molecule has 1 saturated carbocycles. The molecule has 0 radical (unpaired) electrons. The number of rotatable bonds is 8. The zero-order chi connectivity index (χ0) is 24.8. The third-order valence-corrected chi connectivity index (χ3v) is 6.74. The molecule has 0 aromatic heterocycles. The Kier molecular flexibility index (Phi) is 9.55. The molecule has 2 fully saturated rings. The highest BCUT2D eigenvalue weighted by molar-refractivity contribution is 5.86. The van der Waals surface area contributed by atoms with Gasteiger partial charge >= 0.3 is 12.1 Å². The van der Waals surface area contributed by atoms with E-state index >= 15 is 0 Å². The first kappa shape index (κ1) is 26.9. The topological polar surface area (TPSA) is 125 Å². The van der Waals surface area contributed by atoms with Crippen LogP contribution in [0, 0.1) is 17.8 Å². The summed E-state index contributed by atoms with van der Waals surface area (Å²) in [4.78, 5) is 50.7. The lowest BCUT2D eigenvalue weighted by Gasteiger charge is -2.31. The number of carboxylic acid groups (broad SMARTS) is 1. The summed E-state index contributed by atoms with van der Waals surface area (Å²) in [7, 11) is 0. The van der Waals surface area contributed by atoms with Gasteiger partial charge in [0.05, 0.1) is 0 Å². The van der Waals surface area contributed by atoms with Crippen molar-refractivity contribution in [3.8, 4) is 0 Å². The summed E-state index contributed by atoms with van der Waals surface area (Å²) >= 11 is 0. The van der Waals surface area contributed by atoms with Gasteiger partial charge in [0.1, 0.15) is 17.7 Å².